The molecule has 0 N–H and O–H groups in total. The van der Waals surface area contributed by atoms with Crippen LogP contribution >= 0.6 is 0 Å². The summed E-state index contributed by atoms with van der Waals surface area (Å²) in [5.74, 6) is 0. The van der Waals surface area contributed by atoms with Crippen LogP contribution in [0.25, 0.3) is 22.9 Å². The van der Waals surface area contributed by atoms with Gasteiger partial charge < -0.3 is 0 Å². The maximum absolute atomic E-state index is 11.9. The van der Waals surface area contributed by atoms with Crippen molar-refractivity contribution in [1.29, 1.82) is 0 Å². The Kier molecular flexibility index (Phi) is 3.56. The van der Waals surface area contributed by atoms with Crippen molar-refractivity contribution in [3.63, 3.8) is 0 Å². The lowest BCUT2D eigenvalue weighted by Crippen LogP contribution is -2.23. The van der Waals surface area contributed by atoms with Crippen LogP contribution in [0.5, 0.6) is 0 Å². The van der Waals surface area contributed by atoms with Crippen molar-refractivity contribution in [2.24, 2.45) is 0 Å². The largest absolute Gasteiger partial charge is 0.268 e. The van der Waals surface area contributed by atoms with E-state index in [-0.39, 0.29) is 11.6 Å². The molecule has 122 valence electrons. The van der Waals surface area contributed by atoms with Crippen LogP contribution in [0.2, 0.25) is 0 Å². The molecule has 0 aromatic carbocycles. The topological polar surface area (TPSA) is 52.2 Å². The van der Waals surface area contributed by atoms with Gasteiger partial charge in [-0.15, -0.1) is 0 Å². The van der Waals surface area contributed by atoms with Crippen LogP contribution in [-0.4, -0.2) is 19.4 Å². The number of rotatable bonds is 3. The molecule has 4 rings (SSSR count). The molecule has 0 atom stereocenters. The van der Waals surface area contributed by atoms with Crippen molar-refractivity contribution < 1.29 is 0 Å². The smallest absolute Gasteiger partial charge is 0.267 e. The van der Waals surface area contributed by atoms with E-state index in [4.69, 9.17) is 0 Å². The van der Waals surface area contributed by atoms with Crippen molar-refractivity contribution in [1.82, 2.24) is 19.4 Å². The molecule has 1 saturated carbocycles. The van der Waals surface area contributed by atoms with E-state index in [0.29, 0.717) is 0 Å². The number of fused-ring (bicyclic) bond motifs is 1. The maximum atomic E-state index is 11.9. The summed E-state index contributed by atoms with van der Waals surface area (Å²) in [6, 6.07) is 9.47. The molecule has 0 saturated heterocycles. The predicted octanol–water partition coefficient (Wildman–Crippen LogP) is 3.71. The molecule has 0 spiro atoms. The van der Waals surface area contributed by atoms with Crippen LogP contribution in [0.4, 0.5) is 0 Å². The van der Waals surface area contributed by atoms with Gasteiger partial charge in [-0.05, 0) is 63.5 Å². The third-order valence-corrected chi connectivity index (χ3v) is 4.46. The van der Waals surface area contributed by atoms with Gasteiger partial charge in [0.15, 0.2) is 0 Å². The number of pyridine rings is 1. The van der Waals surface area contributed by atoms with Gasteiger partial charge in [-0.1, -0.05) is 5.57 Å². The second-order valence-electron chi connectivity index (χ2n) is 6.57. The number of aromatic nitrogens is 4. The third kappa shape index (κ3) is 2.56. The fourth-order valence-electron chi connectivity index (χ4n) is 2.99. The van der Waals surface area contributed by atoms with Crippen LogP contribution in [0, 0.1) is 0 Å². The van der Waals surface area contributed by atoms with Crippen LogP contribution < -0.4 is 5.56 Å². The number of hydrogen-bond acceptors (Lipinski definition) is 3. The van der Waals surface area contributed by atoms with Crippen molar-refractivity contribution in [2.45, 2.75) is 39.2 Å². The van der Waals surface area contributed by atoms with Crippen molar-refractivity contribution in [3.8, 4) is 11.3 Å². The van der Waals surface area contributed by atoms with E-state index in [1.165, 1.54) is 29.5 Å². The number of hydrogen-bond donors (Lipinski definition) is 0. The Bertz CT molecular complexity index is 988. The Balaban J connectivity index is 1.84. The first-order chi connectivity index (χ1) is 11.6. The van der Waals surface area contributed by atoms with Crippen molar-refractivity contribution in [2.75, 3.05) is 0 Å². The first kappa shape index (κ1) is 14.9. The summed E-state index contributed by atoms with van der Waals surface area (Å²) in [6.07, 6.45) is 7.78. The van der Waals surface area contributed by atoms with E-state index >= 15 is 0 Å². The highest BCUT2D eigenvalue weighted by molar-refractivity contribution is 5.79. The van der Waals surface area contributed by atoms with Crippen molar-refractivity contribution in [3.05, 3.63) is 58.1 Å². The lowest BCUT2D eigenvalue weighted by atomic mass is 9.92. The molecular formula is C19H20N4O. The summed E-state index contributed by atoms with van der Waals surface area (Å²) in [5, 5.41) is 9.18. The summed E-state index contributed by atoms with van der Waals surface area (Å²) in [6.45, 7) is 3.92. The fraction of sp³-hybridized carbons (Fsp3) is 0.316. The van der Waals surface area contributed by atoms with Gasteiger partial charge in [0, 0.05) is 17.8 Å². The van der Waals surface area contributed by atoms with E-state index in [1.54, 1.807) is 12.1 Å². The minimum absolute atomic E-state index is 0.0287. The molecule has 1 aliphatic rings. The predicted molar refractivity (Wildman–Crippen MR) is 94.9 cm³/mol. The molecular weight excluding hydrogens is 300 g/mol. The summed E-state index contributed by atoms with van der Waals surface area (Å²) in [4.78, 5) is 11.9. The zero-order valence-corrected chi connectivity index (χ0v) is 13.9. The van der Waals surface area contributed by atoms with Gasteiger partial charge in [0.05, 0.1) is 22.9 Å². The maximum Gasteiger partial charge on any atom is 0.267 e. The monoisotopic (exact) mass is 320 g/mol. The molecule has 3 heterocycles. The molecule has 0 bridgehead atoms. The standard InChI is InChI=1S/C19H20N4O/c1-13(2)23-19(24)9-8-17(21-23)16-7-4-10-22-18(16)12-15(20-22)11-14-5-3-6-14/h4,7-13H,3,5-6H2,1-2H3. The van der Waals surface area contributed by atoms with Gasteiger partial charge in [-0.25, -0.2) is 9.20 Å². The van der Waals surface area contributed by atoms with Crippen LogP contribution in [-0.2, 0) is 0 Å². The molecule has 24 heavy (non-hydrogen) atoms. The van der Waals surface area contributed by atoms with Crippen LogP contribution in [0.15, 0.2) is 46.9 Å². The fourth-order valence-corrected chi connectivity index (χ4v) is 2.99. The average molecular weight is 320 g/mol. The summed E-state index contributed by atoms with van der Waals surface area (Å²) in [5.41, 5.74) is 5.14. The molecule has 5 heteroatoms. The summed E-state index contributed by atoms with van der Waals surface area (Å²) >= 11 is 0. The average Bonchev–Trinajstić information content (AvgIpc) is 2.94. The second-order valence-corrected chi connectivity index (χ2v) is 6.57. The second kappa shape index (κ2) is 5.74. The van der Waals surface area contributed by atoms with E-state index in [1.807, 2.05) is 36.7 Å². The Morgan fingerprint density at radius 2 is 2.00 bits per heavy atom. The quantitative estimate of drug-likeness (QED) is 0.739. The Morgan fingerprint density at radius 3 is 2.71 bits per heavy atom. The molecule has 0 unspecified atom stereocenters. The Morgan fingerprint density at radius 1 is 1.17 bits per heavy atom. The molecule has 3 aromatic heterocycles. The van der Waals surface area contributed by atoms with Gasteiger partial charge in [-0.2, -0.15) is 10.2 Å². The van der Waals surface area contributed by atoms with Gasteiger partial charge in [0.1, 0.15) is 0 Å². The first-order valence-electron chi connectivity index (χ1n) is 8.40. The van der Waals surface area contributed by atoms with Crippen molar-refractivity contribution >= 4 is 11.6 Å². The zero-order valence-electron chi connectivity index (χ0n) is 13.9. The first-order valence-corrected chi connectivity index (χ1v) is 8.40. The highest BCUT2D eigenvalue weighted by Crippen LogP contribution is 2.29. The summed E-state index contributed by atoms with van der Waals surface area (Å²) < 4.78 is 3.40. The molecule has 0 amide bonds. The highest BCUT2D eigenvalue weighted by Gasteiger charge is 2.13. The van der Waals surface area contributed by atoms with Crippen LogP contribution in [0.1, 0.15) is 44.8 Å². The van der Waals surface area contributed by atoms with Gasteiger partial charge in [0.25, 0.3) is 5.56 Å². The minimum atomic E-state index is -0.0791. The molecule has 3 aromatic rings. The SMILES string of the molecule is CC(C)n1nc(-c2cccn3nc(C=C4CCC4)cc23)ccc1=O. The molecule has 1 aliphatic carbocycles. The molecule has 5 nitrogen and oxygen atoms in total. The highest BCUT2D eigenvalue weighted by atomic mass is 16.1. The van der Waals surface area contributed by atoms with E-state index in [9.17, 15) is 4.79 Å². The Labute approximate surface area is 140 Å². The van der Waals surface area contributed by atoms with Crippen LogP contribution in [0.3, 0.4) is 0 Å². The molecule has 0 radical (unpaired) electrons. The molecule has 1 fully saturated rings. The zero-order chi connectivity index (χ0) is 16.7. The molecule has 0 aliphatic heterocycles. The Hall–Kier alpha value is -2.69. The number of allylic oxidation sites excluding steroid dienone is 1. The normalized spacial score (nSPS) is 14.2. The lowest BCUT2D eigenvalue weighted by Gasteiger charge is -2.14. The summed E-state index contributed by atoms with van der Waals surface area (Å²) in [7, 11) is 0. The third-order valence-electron chi connectivity index (χ3n) is 4.46. The number of nitrogens with zero attached hydrogens (tertiary/aromatic N) is 4. The van der Waals surface area contributed by atoms with E-state index < -0.39 is 0 Å². The van der Waals surface area contributed by atoms with E-state index in [0.717, 1.165) is 22.5 Å². The minimum Gasteiger partial charge on any atom is -0.268 e. The van der Waals surface area contributed by atoms with Gasteiger partial charge >= 0.3 is 0 Å². The van der Waals surface area contributed by atoms with Gasteiger partial charge in [0.2, 0.25) is 0 Å². The van der Waals surface area contributed by atoms with Gasteiger partial charge in [-0.3, -0.25) is 4.79 Å². The van der Waals surface area contributed by atoms with E-state index in [2.05, 4.69) is 22.3 Å². The lowest BCUT2D eigenvalue weighted by molar-refractivity contribution is 0.505.